The third kappa shape index (κ3) is 4.91. The van der Waals surface area contributed by atoms with E-state index in [2.05, 4.69) is 110 Å². The van der Waals surface area contributed by atoms with Gasteiger partial charge in [-0.15, -0.1) is 24.8 Å². The Labute approximate surface area is 231 Å². The van der Waals surface area contributed by atoms with E-state index in [0.29, 0.717) is 0 Å². The van der Waals surface area contributed by atoms with Crippen LogP contribution in [0.1, 0.15) is 66.9 Å². The number of benzene rings is 1. The van der Waals surface area contributed by atoms with Gasteiger partial charge in [0.2, 0.25) is 0 Å². The summed E-state index contributed by atoms with van der Waals surface area (Å²) in [4.78, 5) is 0. The number of rotatable bonds is 3. The summed E-state index contributed by atoms with van der Waals surface area (Å²) in [5.74, 6) is 0. The van der Waals surface area contributed by atoms with E-state index in [1.165, 1.54) is 21.6 Å². The van der Waals surface area contributed by atoms with Gasteiger partial charge in [0.25, 0.3) is 0 Å². The SMILES string of the molecule is CCC1=C(C2(C(C)(C)C)C=CC3=c4ccc(C(C)(C)C)cc4=CC3=[C]2[Zr]=[Si](C)C)CC=C1.Cl.Cl. The molecule has 0 nitrogen and oxygen atoms in total. The fourth-order valence-corrected chi connectivity index (χ4v) is 14.7. The Balaban J connectivity index is 0.00000204. The molecule has 3 aliphatic rings. The molecule has 1 aromatic carbocycles. The van der Waals surface area contributed by atoms with Crippen LogP contribution in [-0.2, 0) is 27.3 Å². The molecule has 1 atom stereocenters. The number of hydrogen-bond donors (Lipinski definition) is 0. The van der Waals surface area contributed by atoms with Crippen molar-refractivity contribution in [2.45, 2.75) is 79.8 Å². The van der Waals surface area contributed by atoms with Crippen LogP contribution in [0.2, 0.25) is 13.1 Å². The molecule has 0 aliphatic heterocycles. The second kappa shape index (κ2) is 10.5. The van der Waals surface area contributed by atoms with Crippen molar-refractivity contribution in [2.75, 3.05) is 0 Å². The molecule has 34 heavy (non-hydrogen) atoms. The van der Waals surface area contributed by atoms with Gasteiger partial charge in [0, 0.05) is 0 Å². The van der Waals surface area contributed by atoms with Crippen LogP contribution in [0.5, 0.6) is 0 Å². The van der Waals surface area contributed by atoms with Crippen LogP contribution in [0, 0.1) is 10.8 Å². The Morgan fingerprint density at radius 1 is 0.971 bits per heavy atom. The molecular weight excluding hydrogens is 551 g/mol. The minimum atomic E-state index is -0.686. The zero-order valence-corrected chi connectivity index (χ0v) is 27.4. The molecule has 0 aromatic heterocycles. The van der Waals surface area contributed by atoms with E-state index < -0.39 is 21.9 Å². The van der Waals surface area contributed by atoms with Gasteiger partial charge in [0.15, 0.2) is 0 Å². The maximum absolute atomic E-state index is 2.64. The summed E-state index contributed by atoms with van der Waals surface area (Å²) in [5.41, 5.74) is 7.93. The molecule has 0 fully saturated rings. The first-order valence-electron chi connectivity index (χ1n) is 12.2. The van der Waals surface area contributed by atoms with Gasteiger partial charge in [-0.3, -0.25) is 0 Å². The third-order valence-corrected chi connectivity index (χ3v) is 15.3. The second-order valence-electron chi connectivity index (χ2n) is 11.9. The molecule has 183 valence electrons. The summed E-state index contributed by atoms with van der Waals surface area (Å²) in [5, 5.41) is 2.88. The maximum atomic E-state index is 2.64. The molecule has 0 saturated carbocycles. The van der Waals surface area contributed by atoms with Crippen molar-refractivity contribution in [1.82, 2.24) is 0 Å². The van der Waals surface area contributed by atoms with Gasteiger partial charge in [-0.25, -0.2) is 0 Å². The Bertz CT molecular complexity index is 1260. The van der Waals surface area contributed by atoms with Gasteiger partial charge in [0.1, 0.15) is 0 Å². The van der Waals surface area contributed by atoms with E-state index in [1.54, 1.807) is 16.7 Å². The molecule has 0 heterocycles. The minimum absolute atomic E-state index is 0. The fourth-order valence-electron chi connectivity index (χ4n) is 5.70. The molecule has 0 radical (unpaired) electrons. The Morgan fingerprint density at radius 2 is 1.65 bits per heavy atom. The topological polar surface area (TPSA) is 0 Å². The normalized spacial score (nSPS) is 20.9. The minimum Gasteiger partial charge on any atom is -0.147 e. The first-order chi connectivity index (χ1) is 14.9. The van der Waals surface area contributed by atoms with Crippen molar-refractivity contribution < 1.29 is 21.9 Å². The number of fused-ring (bicyclic) bond motifs is 2. The largest absolute Gasteiger partial charge is 0.147 e. The monoisotopic (exact) mass is 589 g/mol. The molecule has 4 heteroatoms. The summed E-state index contributed by atoms with van der Waals surface area (Å²) in [6.07, 6.45) is 14.8. The van der Waals surface area contributed by atoms with Crippen molar-refractivity contribution >= 4 is 41.9 Å². The van der Waals surface area contributed by atoms with Gasteiger partial charge in [-0.2, -0.15) is 0 Å². The maximum Gasteiger partial charge on any atom is -0.147 e. The summed E-state index contributed by atoms with van der Waals surface area (Å²) in [6.45, 7) is 21.9. The van der Waals surface area contributed by atoms with Crippen LogP contribution in [0.25, 0.3) is 11.6 Å². The molecule has 3 aliphatic carbocycles. The van der Waals surface area contributed by atoms with Gasteiger partial charge in [0.05, 0.1) is 0 Å². The standard InChI is InChI=1S/C28H33.C2H6Si.2ClH.Zr/c1-8-19-10-9-11-25(19)28(27(5,6)7)15-14-24-21(18-28)16-20-17-22(26(2,3)4)12-13-23(20)24;1-3-2;;;/h9-10,12-17H,8,11H2,1-7H3;1-2H3;2*1H;. The van der Waals surface area contributed by atoms with Crippen molar-refractivity contribution in [2.24, 2.45) is 10.8 Å². The average molecular weight is 592 g/mol. The Kier molecular flexibility index (Phi) is 9.24. The first kappa shape index (κ1) is 29.8. The third-order valence-electron chi connectivity index (χ3n) is 7.41. The van der Waals surface area contributed by atoms with E-state index in [-0.39, 0.29) is 46.5 Å². The molecule has 0 N–H and O–H groups in total. The Hall–Kier alpha value is -0.400. The van der Waals surface area contributed by atoms with Gasteiger partial charge >= 0.3 is 208 Å². The molecule has 0 saturated heterocycles. The second-order valence-corrected chi connectivity index (χ2v) is 24.6. The molecule has 0 spiro atoms. The van der Waals surface area contributed by atoms with E-state index in [0.717, 1.165) is 12.8 Å². The predicted octanol–water partition coefficient (Wildman–Crippen LogP) is 7.63. The Morgan fingerprint density at radius 3 is 2.21 bits per heavy atom. The first-order valence-corrected chi connectivity index (χ1v) is 19.6. The molecule has 1 aromatic rings. The quantitative estimate of drug-likeness (QED) is 0.317. The van der Waals surface area contributed by atoms with Gasteiger partial charge < -0.3 is 0 Å². The van der Waals surface area contributed by atoms with Crippen LogP contribution in [0.3, 0.4) is 0 Å². The molecule has 4 rings (SSSR count). The average Bonchev–Trinajstić information content (AvgIpc) is 3.30. The summed E-state index contributed by atoms with van der Waals surface area (Å²) >= 11 is -0.686. The molecule has 0 bridgehead atoms. The zero-order chi connectivity index (χ0) is 23.5. The van der Waals surface area contributed by atoms with Crippen LogP contribution < -0.4 is 10.4 Å². The van der Waals surface area contributed by atoms with E-state index >= 15 is 0 Å². The summed E-state index contributed by atoms with van der Waals surface area (Å²) in [6, 6.07) is 7.21. The van der Waals surface area contributed by atoms with Crippen LogP contribution >= 0.6 is 24.8 Å². The molecule has 0 amide bonds. The predicted molar refractivity (Wildman–Crippen MR) is 153 cm³/mol. The van der Waals surface area contributed by atoms with Crippen molar-refractivity contribution in [3.05, 3.63) is 78.5 Å². The van der Waals surface area contributed by atoms with Crippen LogP contribution in [0.15, 0.2) is 62.5 Å². The van der Waals surface area contributed by atoms with E-state index in [4.69, 9.17) is 0 Å². The smallest absolute Gasteiger partial charge is 0.147 e. The van der Waals surface area contributed by atoms with Gasteiger partial charge in [-0.1, -0.05) is 0 Å². The molecule has 1 unspecified atom stereocenters. The number of allylic oxidation sites excluding steroid dienone is 8. The van der Waals surface area contributed by atoms with Crippen LogP contribution in [0.4, 0.5) is 0 Å². The van der Waals surface area contributed by atoms with E-state index in [1.807, 2.05) is 3.28 Å². The van der Waals surface area contributed by atoms with Crippen LogP contribution in [-0.4, -0.2) is 5.43 Å². The number of hydrogen-bond acceptors (Lipinski definition) is 0. The number of halogens is 2. The van der Waals surface area contributed by atoms with E-state index in [9.17, 15) is 0 Å². The van der Waals surface area contributed by atoms with Crippen molar-refractivity contribution in [3.8, 4) is 0 Å². The van der Waals surface area contributed by atoms with Crippen molar-refractivity contribution in [1.29, 1.82) is 0 Å². The van der Waals surface area contributed by atoms with Crippen molar-refractivity contribution in [3.63, 3.8) is 0 Å². The zero-order valence-electron chi connectivity index (χ0n) is 22.3. The summed E-state index contributed by atoms with van der Waals surface area (Å²) < 4.78 is 1.85. The summed E-state index contributed by atoms with van der Waals surface area (Å²) in [7, 11) is 0. The fraction of sp³-hybridized carbons (Fsp3) is 0.467. The molecular formula is C30H41Cl2SiZr. The van der Waals surface area contributed by atoms with Gasteiger partial charge in [-0.05, 0) is 0 Å².